The van der Waals surface area contributed by atoms with Crippen molar-refractivity contribution in [2.75, 3.05) is 19.6 Å². The molecule has 0 aliphatic carbocycles. The predicted octanol–water partition coefficient (Wildman–Crippen LogP) is 1.04. The van der Waals surface area contributed by atoms with Crippen LogP contribution in [0.4, 0.5) is 0 Å². The summed E-state index contributed by atoms with van der Waals surface area (Å²) in [5.74, 6) is 0.892. The molecular weight excluding hydrogens is 378 g/mol. The van der Waals surface area contributed by atoms with Gasteiger partial charge in [-0.3, -0.25) is 9.47 Å². The standard InChI is InChI=1S/C19H27N5O3S/c25-19-23-12-5-4-10-18(23)20-24(19)14-13-22-11-6-7-16(15-22)21-28(26,27)17-8-2-1-3-9-17/h1-3,8-9,16H,4-7,10-15H2,(H-,21,26,27). The van der Waals surface area contributed by atoms with Crippen molar-refractivity contribution in [3.05, 3.63) is 46.6 Å². The highest BCUT2D eigenvalue weighted by Gasteiger charge is 2.28. The summed E-state index contributed by atoms with van der Waals surface area (Å²) in [7, 11) is -3.51. The Morgan fingerprint density at radius 3 is 2.75 bits per heavy atom. The smallest absolute Gasteiger partial charge is 0.345 e. The molecule has 1 fully saturated rings. The van der Waals surface area contributed by atoms with E-state index in [-0.39, 0.29) is 11.7 Å². The number of hydrogen-bond donors (Lipinski definition) is 1. The van der Waals surface area contributed by atoms with Crippen LogP contribution in [0.25, 0.3) is 0 Å². The highest BCUT2D eigenvalue weighted by atomic mass is 32.3. The number of rotatable bonds is 6. The molecule has 4 rings (SSSR count). The highest BCUT2D eigenvalue weighted by Crippen LogP contribution is 2.18. The van der Waals surface area contributed by atoms with E-state index in [2.05, 4.69) is 14.7 Å². The summed E-state index contributed by atoms with van der Waals surface area (Å²) < 4.78 is 31.3. The van der Waals surface area contributed by atoms with Crippen LogP contribution in [0.1, 0.15) is 31.5 Å². The van der Waals surface area contributed by atoms with Crippen molar-refractivity contribution in [3.8, 4) is 0 Å². The molecule has 9 heteroatoms. The molecule has 2 aliphatic heterocycles. The first kappa shape index (κ1) is 19.5. The van der Waals surface area contributed by atoms with Gasteiger partial charge in [0.1, 0.15) is 5.82 Å². The SMILES string of the molecule is O=c1n(CCN2CCCC(N[S+](=O)([O-])c3ccccc3)C2)nc2n1CCCC2. The third kappa shape index (κ3) is 4.27. The molecular formula is C19H27N5O3S. The van der Waals surface area contributed by atoms with Crippen LogP contribution in [0.5, 0.6) is 0 Å². The summed E-state index contributed by atoms with van der Waals surface area (Å²) in [4.78, 5) is 15.0. The second-order valence-electron chi connectivity index (χ2n) is 7.60. The van der Waals surface area contributed by atoms with Gasteiger partial charge in [0.15, 0.2) is 15.3 Å². The Morgan fingerprint density at radius 1 is 1.14 bits per heavy atom. The van der Waals surface area contributed by atoms with Crippen LogP contribution in [0.15, 0.2) is 40.0 Å². The van der Waals surface area contributed by atoms with Crippen molar-refractivity contribution in [2.24, 2.45) is 0 Å². The molecule has 0 radical (unpaired) electrons. The van der Waals surface area contributed by atoms with Gasteiger partial charge in [-0.15, -0.1) is 4.72 Å². The molecule has 0 bridgehead atoms. The number of nitrogens with zero attached hydrogens (tertiary/aromatic N) is 4. The fourth-order valence-corrected chi connectivity index (χ4v) is 5.35. The van der Waals surface area contributed by atoms with Crippen molar-refractivity contribution in [1.82, 2.24) is 24.0 Å². The lowest BCUT2D eigenvalue weighted by Crippen LogP contribution is -2.50. The van der Waals surface area contributed by atoms with Crippen LogP contribution in [-0.2, 0) is 34.1 Å². The molecule has 0 saturated carbocycles. The summed E-state index contributed by atoms with van der Waals surface area (Å²) >= 11 is 0. The van der Waals surface area contributed by atoms with Crippen LogP contribution in [-0.4, -0.2) is 49.5 Å². The first-order chi connectivity index (χ1) is 13.5. The van der Waals surface area contributed by atoms with Gasteiger partial charge in [0.2, 0.25) is 0 Å². The van der Waals surface area contributed by atoms with Crippen LogP contribution in [0.2, 0.25) is 0 Å². The number of sulfonamides is 1. The van der Waals surface area contributed by atoms with E-state index in [1.165, 1.54) is 0 Å². The van der Waals surface area contributed by atoms with Crippen molar-refractivity contribution in [2.45, 2.75) is 56.1 Å². The molecule has 1 aromatic carbocycles. The van der Waals surface area contributed by atoms with Gasteiger partial charge in [0.05, 0.1) is 12.6 Å². The van der Waals surface area contributed by atoms with Crippen LogP contribution in [0.3, 0.4) is 0 Å². The van der Waals surface area contributed by atoms with Gasteiger partial charge in [-0.05, 0) is 44.4 Å². The third-order valence-electron chi connectivity index (χ3n) is 5.54. The normalized spacial score (nSPS) is 22.5. The van der Waals surface area contributed by atoms with E-state index in [1.54, 1.807) is 39.6 Å². The summed E-state index contributed by atoms with van der Waals surface area (Å²) in [6, 6.07) is 8.35. The van der Waals surface area contributed by atoms with Crippen molar-refractivity contribution in [3.63, 3.8) is 0 Å². The van der Waals surface area contributed by atoms with Gasteiger partial charge in [0, 0.05) is 26.1 Å². The van der Waals surface area contributed by atoms with Gasteiger partial charge in [-0.25, -0.2) is 9.48 Å². The maximum absolute atomic E-state index is 12.6. The molecule has 2 aromatic rings. The van der Waals surface area contributed by atoms with E-state index in [4.69, 9.17) is 0 Å². The average Bonchev–Trinajstić information content (AvgIpc) is 3.03. The maximum Gasteiger partial charge on any atom is 0.345 e. The molecule has 0 amide bonds. The molecule has 1 aromatic heterocycles. The number of benzene rings is 1. The molecule has 2 atom stereocenters. The lowest BCUT2D eigenvalue weighted by molar-refractivity contribution is 0.191. The van der Waals surface area contributed by atoms with Gasteiger partial charge in [0.25, 0.3) is 0 Å². The minimum absolute atomic E-state index is 0.0203. The van der Waals surface area contributed by atoms with E-state index in [9.17, 15) is 13.6 Å². The first-order valence-electron chi connectivity index (χ1n) is 9.99. The lowest BCUT2D eigenvalue weighted by Gasteiger charge is -2.33. The summed E-state index contributed by atoms with van der Waals surface area (Å²) in [5.41, 5.74) is -0.0203. The second kappa shape index (κ2) is 8.28. The quantitative estimate of drug-likeness (QED) is 0.725. The molecule has 3 heterocycles. The summed E-state index contributed by atoms with van der Waals surface area (Å²) in [6.45, 7) is 3.55. The largest absolute Gasteiger partial charge is 0.593 e. The zero-order valence-corrected chi connectivity index (χ0v) is 16.8. The van der Waals surface area contributed by atoms with Crippen molar-refractivity contribution in [1.29, 1.82) is 0 Å². The first-order valence-corrected chi connectivity index (χ1v) is 11.5. The molecule has 2 unspecified atom stereocenters. The number of likely N-dealkylation sites (tertiary alicyclic amines) is 1. The van der Waals surface area contributed by atoms with Crippen molar-refractivity contribution < 1.29 is 8.76 Å². The summed E-state index contributed by atoms with van der Waals surface area (Å²) in [6.07, 6.45) is 4.74. The van der Waals surface area contributed by atoms with E-state index < -0.39 is 10.4 Å². The number of aromatic nitrogens is 3. The zero-order valence-electron chi connectivity index (χ0n) is 16.0. The minimum atomic E-state index is -3.51. The molecule has 8 nitrogen and oxygen atoms in total. The predicted molar refractivity (Wildman–Crippen MR) is 106 cm³/mol. The van der Waals surface area contributed by atoms with Crippen LogP contribution >= 0.6 is 0 Å². The Hall–Kier alpha value is -1.81. The minimum Gasteiger partial charge on any atom is -0.593 e. The number of nitrogens with one attached hydrogen (secondary N) is 1. The Morgan fingerprint density at radius 2 is 1.96 bits per heavy atom. The molecule has 152 valence electrons. The number of fused-ring (bicyclic) bond motifs is 1. The second-order valence-corrected chi connectivity index (χ2v) is 9.32. The Labute approximate surface area is 165 Å². The summed E-state index contributed by atoms with van der Waals surface area (Å²) in [5, 5.41) is 4.48. The lowest BCUT2D eigenvalue weighted by atomic mass is 10.1. The van der Waals surface area contributed by atoms with E-state index in [0.29, 0.717) is 24.5 Å². The van der Waals surface area contributed by atoms with E-state index in [1.807, 2.05) is 0 Å². The Kier molecular flexibility index (Phi) is 5.77. The Balaban J connectivity index is 1.35. The van der Waals surface area contributed by atoms with Gasteiger partial charge in [-0.1, -0.05) is 22.4 Å². The van der Waals surface area contributed by atoms with Gasteiger partial charge >= 0.3 is 5.69 Å². The Bertz CT molecular complexity index is 910. The topological polar surface area (TPSA) is 95.2 Å². The number of piperidine rings is 1. The molecule has 2 aliphatic rings. The maximum atomic E-state index is 12.6. The molecule has 28 heavy (non-hydrogen) atoms. The zero-order chi connectivity index (χ0) is 19.6. The molecule has 1 saturated heterocycles. The average molecular weight is 406 g/mol. The molecule has 1 N–H and O–H groups in total. The monoisotopic (exact) mass is 405 g/mol. The van der Waals surface area contributed by atoms with Crippen LogP contribution in [0, 0.1) is 0 Å². The van der Waals surface area contributed by atoms with E-state index >= 15 is 0 Å². The fraction of sp³-hybridized carbons (Fsp3) is 0.579. The van der Waals surface area contributed by atoms with Gasteiger partial charge in [-0.2, -0.15) is 5.10 Å². The van der Waals surface area contributed by atoms with Crippen molar-refractivity contribution >= 4 is 10.4 Å². The molecule has 0 spiro atoms. The number of aryl methyl sites for hydroxylation is 1. The fourth-order valence-electron chi connectivity index (χ4n) is 4.07. The number of hydrogen-bond acceptors (Lipinski definition) is 5. The third-order valence-corrected chi connectivity index (χ3v) is 7.08. The van der Waals surface area contributed by atoms with E-state index in [0.717, 1.165) is 51.0 Å². The highest BCUT2D eigenvalue weighted by molar-refractivity contribution is 7.95. The van der Waals surface area contributed by atoms with Crippen LogP contribution < -0.4 is 10.4 Å². The van der Waals surface area contributed by atoms with Gasteiger partial charge < -0.3 is 4.55 Å².